The predicted octanol–water partition coefficient (Wildman–Crippen LogP) is 3.80. The first-order valence-electron chi connectivity index (χ1n) is 11.0. The Morgan fingerprint density at radius 1 is 0.909 bits per heavy atom. The minimum absolute atomic E-state index is 0.0870. The minimum atomic E-state index is -0.0870. The van der Waals surface area contributed by atoms with Gasteiger partial charge in [-0.05, 0) is 24.3 Å². The van der Waals surface area contributed by atoms with Crippen LogP contribution in [0.3, 0.4) is 0 Å². The van der Waals surface area contributed by atoms with Crippen LogP contribution >= 0.6 is 0 Å². The van der Waals surface area contributed by atoms with E-state index < -0.39 is 0 Å². The van der Waals surface area contributed by atoms with E-state index in [0.29, 0.717) is 37.4 Å². The number of para-hydroxylation sites is 2. The van der Waals surface area contributed by atoms with E-state index in [4.69, 9.17) is 0 Å². The number of pyridine rings is 2. The first kappa shape index (κ1) is 20.8. The van der Waals surface area contributed by atoms with E-state index in [1.807, 2.05) is 71.6 Å². The fourth-order valence-electron chi connectivity index (χ4n) is 4.25. The van der Waals surface area contributed by atoms with Crippen molar-refractivity contribution in [3.05, 3.63) is 89.2 Å². The molecule has 1 saturated heterocycles. The molecule has 1 amide bonds. The van der Waals surface area contributed by atoms with Gasteiger partial charge in [-0.3, -0.25) is 14.2 Å². The Morgan fingerprint density at radius 2 is 1.58 bits per heavy atom. The number of nitrogens with zero attached hydrogens (tertiary/aromatic N) is 4. The van der Waals surface area contributed by atoms with Crippen LogP contribution in [0.25, 0.3) is 16.6 Å². The molecule has 0 unspecified atom stereocenters. The molecule has 0 aliphatic carbocycles. The molecule has 1 N–H and O–H groups in total. The van der Waals surface area contributed by atoms with Gasteiger partial charge in [0.15, 0.2) is 5.43 Å². The molecule has 7 heteroatoms. The van der Waals surface area contributed by atoms with Crippen LogP contribution in [-0.4, -0.2) is 46.5 Å². The molecule has 0 spiro atoms. The summed E-state index contributed by atoms with van der Waals surface area (Å²) in [6.07, 6.45) is 1.66. The van der Waals surface area contributed by atoms with Crippen molar-refractivity contribution in [2.45, 2.75) is 6.92 Å². The maximum atomic E-state index is 13.0. The molecule has 166 valence electrons. The number of benzene rings is 2. The number of hydrogen-bond acceptors (Lipinski definition) is 5. The lowest BCUT2D eigenvalue weighted by molar-refractivity contribution is -0.129. The molecule has 1 aliphatic rings. The molecule has 0 atom stereocenters. The number of aromatic nitrogens is 2. The SMILES string of the molecule is CC(=O)N1CCN(c2cc3c(cn2)c(=O)cc(Nc2ccccc2)n3-c2ccccc2)CC1. The molecule has 2 aromatic heterocycles. The van der Waals surface area contributed by atoms with Gasteiger partial charge in [0, 0.05) is 62.8 Å². The van der Waals surface area contributed by atoms with Gasteiger partial charge in [-0.2, -0.15) is 0 Å². The van der Waals surface area contributed by atoms with Crippen molar-refractivity contribution >= 4 is 34.1 Å². The summed E-state index contributed by atoms with van der Waals surface area (Å²) in [5.74, 6) is 1.57. The molecule has 7 nitrogen and oxygen atoms in total. The number of fused-ring (bicyclic) bond motifs is 1. The van der Waals surface area contributed by atoms with Crippen LogP contribution in [0.15, 0.2) is 83.8 Å². The standard InChI is InChI=1S/C26H25N5O2/c1-19(32)29-12-14-30(15-13-29)25-16-23-22(18-27-25)24(33)17-26(28-20-8-4-2-5-9-20)31(23)21-10-6-3-7-11-21/h2-11,16-18,28H,12-15H2,1H3. The van der Waals surface area contributed by atoms with E-state index in [2.05, 4.69) is 19.8 Å². The monoisotopic (exact) mass is 439 g/mol. The Morgan fingerprint density at radius 3 is 2.24 bits per heavy atom. The molecule has 0 radical (unpaired) electrons. The number of rotatable bonds is 4. The van der Waals surface area contributed by atoms with Crippen molar-refractivity contribution in [1.82, 2.24) is 14.5 Å². The number of anilines is 3. The molecule has 2 aromatic carbocycles. The fourth-order valence-corrected chi connectivity index (χ4v) is 4.25. The molecule has 33 heavy (non-hydrogen) atoms. The second kappa shape index (κ2) is 8.78. The van der Waals surface area contributed by atoms with Crippen LogP contribution in [0.5, 0.6) is 0 Å². The molecule has 0 saturated carbocycles. The smallest absolute Gasteiger partial charge is 0.219 e. The van der Waals surface area contributed by atoms with Crippen molar-refractivity contribution in [3.63, 3.8) is 0 Å². The van der Waals surface area contributed by atoms with Crippen molar-refractivity contribution < 1.29 is 4.79 Å². The molecule has 5 rings (SSSR count). The number of hydrogen-bond donors (Lipinski definition) is 1. The number of nitrogens with one attached hydrogen (secondary N) is 1. The van der Waals surface area contributed by atoms with Gasteiger partial charge in [-0.1, -0.05) is 36.4 Å². The maximum Gasteiger partial charge on any atom is 0.219 e. The van der Waals surface area contributed by atoms with Gasteiger partial charge in [0.25, 0.3) is 0 Å². The molecule has 4 aromatic rings. The zero-order valence-electron chi connectivity index (χ0n) is 18.4. The van der Waals surface area contributed by atoms with Gasteiger partial charge in [-0.25, -0.2) is 4.98 Å². The summed E-state index contributed by atoms with van der Waals surface area (Å²) in [6, 6.07) is 23.4. The number of carbonyl (C=O) groups is 1. The first-order valence-corrected chi connectivity index (χ1v) is 11.0. The summed E-state index contributed by atoms with van der Waals surface area (Å²) < 4.78 is 2.06. The molecule has 1 aliphatic heterocycles. The highest BCUT2D eigenvalue weighted by Gasteiger charge is 2.21. The number of amides is 1. The van der Waals surface area contributed by atoms with Crippen molar-refractivity contribution in [2.75, 3.05) is 36.4 Å². The summed E-state index contributed by atoms with van der Waals surface area (Å²) in [5.41, 5.74) is 2.54. The third-order valence-electron chi connectivity index (χ3n) is 5.99. The van der Waals surface area contributed by atoms with Crippen LogP contribution in [0.1, 0.15) is 6.92 Å². The Labute approximate surface area is 191 Å². The number of piperazine rings is 1. The highest BCUT2D eigenvalue weighted by molar-refractivity contribution is 5.85. The topological polar surface area (TPSA) is 70.5 Å². The summed E-state index contributed by atoms with van der Waals surface area (Å²) >= 11 is 0. The quantitative estimate of drug-likeness (QED) is 0.524. The van der Waals surface area contributed by atoms with Crippen LogP contribution < -0.4 is 15.6 Å². The van der Waals surface area contributed by atoms with Crippen LogP contribution in [0.2, 0.25) is 0 Å². The van der Waals surface area contributed by atoms with Crippen LogP contribution in [0, 0.1) is 0 Å². The average molecular weight is 440 g/mol. The summed E-state index contributed by atoms with van der Waals surface area (Å²) in [6.45, 7) is 4.33. The molecular weight excluding hydrogens is 414 g/mol. The Balaban J connectivity index is 1.63. The largest absolute Gasteiger partial charge is 0.353 e. The fraction of sp³-hybridized carbons (Fsp3) is 0.192. The Kier molecular flexibility index (Phi) is 5.52. The zero-order valence-corrected chi connectivity index (χ0v) is 18.4. The van der Waals surface area contributed by atoms with E-state index in [1.165, 1.54) is 0 Å². The van der Waals surface area contributed by atoms with Gasteiger partial charge in [0.05, 0.1) is 10.9 Å². The molecule has 3 heterocycles. The van der Waals surface area contributed by atoms with E-state index in [9.17, 15) is 9.59 Å². The maximum absolute atomic E-state index is 13.0. The summed E-state index contributed by atoms with van der Waals surface area (Å²) in [4.78, 5) is 33.3. The second-order valence-electron chi connectivity index (χ2n) is 8.11. The van der Waals surface area contributed by atoms with Crippen molar-refractivity contribution in [2.24, 2.45) is 0 Å². The lowest BCUT2D eigenvalue weighted by atomic mass is 10.2. The van der Waals surface area contributed by atoms with Crippen molar-refractivity contribution in [3.8, 4) is 5.69 Å². The molecular formula is C26H25N5O2. The molecule has 0 bridgehead atoms. The van der Waals surface area contributed by atoms with Gasteiger partial charge in [0.2, 0.25) is 5.91 Å². The van der Waals surface area contributed by atoms with Gasteiger partial charge in [0.1, 0.15) is 11.6 Å². The highest BCUT2D eigenvalue weighted by Crippen LogP contribution is 2.27. The first-order chi connectivity index (χ1) is 16.1. The summed E-state index contributed by atoms with van der Waals surface area (Å²) in [5, 5.41) is 3.96. The lowest BCUT2D eigenvalue weighted by Crippen LogP contribution is -2.48. The van der Waals surface area contributed by atoms with Gasteiger partial charge in [-0.15, -0.1) is 0 Å². The Hall–Kier alpha value is -4.13. The minimum Gasteiger partial charge on any atom is -0.353 e. The second-order valence-corrected chi connectivity index (χ2v) is 8.11. The summed E-state index contributed by atoms with van der Waals surface area (Å²) in [7, 11) is 0. The van der Waals surface area contributed by atoms with Gasteiger partial charge >= 0.3 is 0 Å². The zero-order chi connectivity index (χ0) is 22.8. The average Bonchev–Trinajstić information content (AvgIpc) is 2.85. The van der Waals surface area contributed by atoms with Crippen LogP contribution in [0.4, 0.5) is 17.3 Å². The molecule has 1 fully saturated rings. The van der Waals surface area contributed by atoms with E-state index in [-0.39, 0.29) is 11.3 Å². The van der Waals surface area contributed by atoms with Gasteiger partial charge < -0.3 is 15.1 Å². The third-order valence-corrected chi connectivity index (χ3v) is 5.99. The van der Waals surface area contributed by atoms with E-state index in [1.54, 1.807) is 19.2 Å². The van der Waals surface area contributed by atoms with Crippen molar-refractivity contribution in [1.29, 1.82) is 0 Å². The van der Waals surface area contributed by atoms with Crippen LogP contribution in [-0.2, 0) is 4.79 Å². The van der Waals surface area contributed by atoms with E-state index >= 15 is 0 Å². The number of carbonyl (C=O) groups excluding carboxylic acids is 1. The highest BCUT2D eigenvalue weighted by atomic mass is 16.2. The predicted molar refractivity (Wildman–Crippen MR) is 132 cm³/mol. The Bertz CT molecular complexity index is 1340. The van der Waals surface area contributed by atoms with E-state index in [0.717, 1.165) is 22.7 Å². The normalized spacial score (nSPS) is 13.8. The third kappa shape index (κ3) is 4.17. The lowest BCUT2D eigenvalue weighted by Gasteiger charge is -2.35.